The number of anilines is 1. The van der Waals surface area contributed by atoms with Gasteiger partial charge in [0.2, 0.25) is 0 Å². The van der Waals surface area contributed by atoms with Crippen LogP contribution in [0.25, 0.3) is 0 Å². The van der Waals surface area contributed by atoms with Crippen LogP contribution >= 0.6 is 0 Å². The third kappa shape index (κ3) is 3.32. The molecule has 0 saturated carbocycles. The van der Waals surface area contributed by atoms with Gasteiger partial charge in [0.1, 0.15) is 11.6 Å². The third-order valence-corrected chi connectivity index (χ3v) is 3.41. The zero-order chi connectivity index (χ0) is 15.4. The number of rotatable bonds is 5. The monoisotopic (exact) mass is 289 g/mol. The average Bonchev–Trinajstić information content (AvgIpc) is 2.49. The maximum atomic E-state index is 13.5. The number of nitrogens with two attached hydrogens (primary N) is 1. The molecule has 0 saturated heterocycles. The number of hydrogen-bond acceptors (Lipinski definition) is 4. The van der Waals surface area contributed by atoms with Crippen molar-refractivity contribution in [1.82, 2.24) is 5.43 Å². The van der Waals surface area contributed by atoms with E-state index in [1.165, 1.54) is 12.1 Å². The first-order valence-electron chi connectivity index (χ1n) is 6.63. The van der Waals surface area contributed by atoms with Gasteiger partial charge in [-0.1, -0.05) is 12.1 Å². The van der Waals surface area contributed by atoms with Gasteiger partial charge in [-0.3, -0.25) is 5.84 Å². The summed E-state index contributed by atoms with van der Waals surface area (Å²) in [5, 5.41) is 0. The molecule has 0 fully saturated rings. The Balaban J connectivity index is 2.41. The molecule has 112 valence electrons. The molecule has 0 aromatic heterocycles. The number of nitrogens with zero attached hydrogens (tertiary/aromatic N) is 1. The molecule has 4 nitrogen and oxygen atoms in total. The summed E-state index contributed by atoms with van der Waals surface area (Å²) in [7, 11) is 5.51. The minimum atomic E-state index is -0.341. The van der Waals surface area contributed by atoms with E-state index in [0.29, 0.717) is 11.3 Å². The molecule has 2 aromatic rings. The normalized spacial score (nSPS) is 12.0. The molecule has 3 N–H and O–H groups in total. The van der Waals surface area contributed by atoms with Gasteiger partial charge in [0.25, 0.3) is 0 Å². The SMILES string of the molecule is COc1ccc(F)cc1C(NN)c1ccc(N(C)C)cc1. The smallest absolute Gasteiger partial charge is 0.124 e. The van der Waals surface area contributed by atoms with Gasteiger partial charge in [0.05, 0.1) is 13.2 Å². The molecule has 0 aliphatic rings. The van der Waals surface area contributed by atoms with Crippen LogP contribution in [-0.4, -0.2) is 21.2 Å². The molecule has 2 rings (SSSR count). The van der Waals surface area contributed by atoms with E-state index in [2.05, 4.69) is 5.43 Å². The number of benzene rings is 2. The molecule has 0 heterocycles. The van der Waals surface area contributed by atoms with Gasteiger partial charge >= 0.3 is 0 Å². The number of halogens is 1. The molecule has 0 amide bonds. The Hall–Kier alpha value is -2.11. The molecule has 5 heteroatoms. The molecule has 0 radical (unpaired) electrons. The fourth-order valence-electron chi connectivity index (χ4n) is 2.26. The maximum absolute atomic E-state index is 13.5. The number of methoxy groups -OCH3 is 1. The van der Waals surface area contributed by atoms with E-state index in [1.807, 2.05) is 43.3 Å². The highest BCUT2D eigenvalue weighted by molar-refractivity contribution is 5.49. The van der Waals surface area contributed by atoms with Gasteiger partial charge in [0.15, 0.2) is 0 Å². The minimum absolute atomic E-state index is 0.323. The highest BCUT2D eigenvalue weighted by atomic mass is 19.1. The van der Waals surface area contributed by atoms with Crippen molar-refractivity contribution in [3.8, 4) is 5.75 Å². The quantitative estimate of drug-likeness (QED) is 0.656. The van der Waals surface area contributed by atoms with Crippen LogP contribution in [0.5, 0.6) is 5.75 Å². The second-order valence-corrected chi connectivity index (χ2v) is 4.97. The predicted octanol–water partition coefficient (Wildman–Crippen LogP) is 2.45. The van der Waals surface area contributed by atoms with Crippen LogP contribution in [0.4, 0.5) is 10.1 Å². The summed E-state index contributed by atoms with van der Waals surface area (Å²) in [5.74, 6) is 5.94. The molecule has 0 spiro atoms. The summed E-state index contributed by atoms with van der Waals surface area (Å²) < 4.78 is 18.8. The Labute approximate surface area is 124 Å². The highest BCUT2D eigenvalue weighted by Gasteiger charge is 2.18. The summed E-state index contributed by atoms with van der Waals surface area (Å²) in [6, 6.07) is 12.0. The van der Waals surface area contributed by atoms with Crippen molar-refractivity contribution < 1.29 is 9.13 Å². The number of nitrogens with one attached hydrogen (secondary N) is 1. The van der Waals surface area contributed by atoms with Gasteiger partial charge in [-0.05, 0) is 35.9 Å². The lowest BCUT2D eigenvalue weighted by atomic mass is 9.98. The fraction of sp³-hybridized carbons (Fsp3) is 0.250. The lowest BCUT2D eigenvalue weighted by Crippen LogP contribution is -2.29. The maximum Gasteiger partial charge on any atom is 0.124 e. The lowest BCUT2D eigenvalue weighted by molar-refractivity contribution is 0.402. The predicted molar refractivity (Wildman–Crippen MR) is 82.9 cm³/mol. The van der Waals surface area contributed by atoms with Crippen LogP contribution in [0.1, 0.15) is 17.2 Å². The number of hydrogen-bond donors (Lipinski definition) is 2. The summed E-state index contributed by atoms with van der Waals surface area (Å²) in [4.78, 5) is 2.01. The van der Waals surface area contributed by atoms with Crippen LogP contribution in [0.2, 0.25) is 0 Å². The Morgan fingerprint density at radius 1 is 1.14 bits per heavy atom. The van der Waals surface area contributed by atoms with Crippen molar-refractivity contribution in [2.24, 2.45) is 5.84 Å². The lowest BCUT2D eigenvalue weighted by Gasteiger charge is -2.21. The minimum Gasteiger partial charge on any atom is -0.496 e. The Morgan fingerprint density at radius 2 is 1.81 bits per heavy atom. The highest BCUT2D eigenvalue weighted by Crippen LogP contribution is 2.31. The van der Waals surface area contributed by atoms with E-state index in [-0.39, 0.29) is 11.9 Å². The first-order chi connectivity index (χ1) is 10.1. The van der Waals surface area contributed by atoms with Gasteiger partial charge in [-0.2, -0.15) is 0 Å². The summed E-state index contributed by atoms with van der Waals surface area (Å²) in [5.41, 5.74) is 5.41. The summed E-state index contributed by atoms with van der Waals surface area (Å²) in [6.07, 6.45) is 0. The summed E-state index contributed by atoms with van der Waals surface area (Å²) >= 11 is 0. The van der Waals surface area contributed by atoms with Crippen LogP contribution in [0.15, 0.2) is 42.5 Å². The van der Waals surface area contributed by atoms with Crippen LogP contribution < -0.4 is 20.9 Å². The van der Waals surface area contributed by atoms with E-state index >= 15 is 0 Å². The van der Waals surface area contributed by atoms with E-state index in [1.54, 1.807) is 13.2 Å². The zero-order valence-electron chi connectivity index (χ0n) is 12.4. The molecular formula is C16H20FN3O. The van der Waals surface area contributed by atoms with Crippen molar-refractivity contribution >= 4 is 5.69 Å². The van der Waals surface area contributed by atoms with Crippen LogP contribution in [0.3, 0.4) is 0 Å². The fourth-order valence-corrected chi connectivity index (χ4v) is 2.26. The largest absolute Gasteiger partial charge is 0.496 e. The van der Waals surface area contributed by atoms with Crippen molar-refractivity contribution in [3.05, 3.63) is 59.4 Å². The molecule has 0 bridgehead atoms. The van der Waals surface area contributed by atoms with E-state index < -0.39 is 0 Å². The first kappa shape index (κ1) is 15.3. The summed E-state index contributed by atoms with van der Waals surface area (Å²) in [6.45, 7) is 0. The average molecular weight is 289 g/mol. The third-order valence-electron chi connectivity index (χ3n) is 3.41. The van der Waals surface area contributed by atoms with Crippen molar-refractivity contribution in [2.75, 3.05) is 26.1 Å². The van der Waals surface area contributed by atoms with Crippen molar-refractivity contribution in [1.29, 1.82) is 0 Å². The second kappa shape index (κ2) is 6.56. The van der Waals surface area contributed by atoms with Gasteiger partial charge in [-0.15, -0.1) is 0 Å². The van der Waals surface area contributed by atoms with Crippen LogP contribution in [-0.2, 0) is 0 Å². The molecule has 1 unspecified atom stereocenters. The molecular weight excluding hydrogens is 269 g/mol. The van der Waals surface area contributed by atoms with Crippen molar-refractivity contribution in [2.45, 2.75) is 6.04 Å². The Morgan fingerprint density at radius 3 is 2.33 bits per heavy atom. The van der Waals surface area contributed by atoms with Crippen molar-refractivity contribution in [3.63, 3.8) is 0 Å². The van der Waals surface area contributed by atoms with E-state index in [9.17, 15) is 4.39 Å². The first-order valence-corrected chi connectivity index (χ1v) is 6.63. The number of hydrazine groups is 1. The molecule has 0 aliphatic heterocycles. The Bertz CT molecular complexity index is 599. The molecule has 2 aromatic carbocycles. The zero-order valence-corrected chi connectivity index (χ0v) is 12.4. The van der Waals surface area contributed by atoms with Crippen LogP contribution in [0, 0.1) is 5.82 Å². The number of ether oxygens (including phenoxy) is 1. The van der Waals surface area contributed by atoms with E-state index in [0.717, 1.165) is 11.3 Å². The van der Waals surface area contributed by atoms with Gasteiger partial charge < -0.3 is 9.64 Å². The van der Waals surface area contributed by atoms with Gasteiger partial charge in [0, 0.05) is 25.3 Å². The molecule has 0 aliphatic carbocycles. The molecule has 1 atom stereocenters. The standard InChI is InChI=1S/C16H20FN3O/c1-20(2)13-7-4-11(5-8-13)16(19-18)14-10-12(17)6-9-15(14)21-3/h4-10,16,19H,18H2,1-3H3. The topological polar surface area (TPSA) is 50.5 Å². The second-order valence-electron chi connectivity index (χ2n) is 4.97. The van der Waals surface area contributed by atoms with Gasteiger partial charge in [-0.25, -0.2) is 9.82 Å². The molecule has 21 heavy (non-hydrogen) atoms. The Kier molecular flexibility index (Phi) is 4.77. The van der Waals surface area contributed by atoms with E-state index in [4.69, 9.17) is 10.6 Å².